The number of hydrogen-bond donors (Lipinski definition) is 0. The van der Waals surface area contributed by atoms with E-state index in [2.05, 4.69) is 5.10 Å². The van der Waals surface area contributed by atoms with Gasteiger partial charge < -0.3 is 9.47 Å². The van der Waals surface area contributed by atoms with Crippen LogP contribution in [-0.4, -0.2) is 28.8 Å². The zero-order valence-electron chi connectivity index (χ0n) is 14.8. The highest BCUT2D eigenvalue weighted by Gasteiger charge is 2.21. The molecule has 130 valence electrons. The molecule has 1 saturated carbocycles. The molecule has 0 atom stereocenters. The van der Waals surface area contributed by atoms with Crippen LogP contribution in [0, 0.1) is 19.8 Å². The monoisotopic (exact) mass is 330 g/mol. The van der Waals surface area contributed by atoms with Crippen molar-refractivity contribution in [3.05, 3.63) is 29.0 Å². The molecule has 2 heterocycles. The topological polar surface area (TPSA) is 52.8 Å². The molecule has 0 bridgehead atoms. The Kier molecular flexibility index (Phi) is 5.07. The third kappa shape index (κ3) is 3.40. The van der Waals surface area contributed by atoms with Crippen molar-refractivity contribution in [2.75, 3.05) is 13.2 Å². The zero-order valence-corrected chi connectivity index (χ0v) is 14.8. The minimum Gasteiger partial charge on any atom is -0.477 e. The SMILES string of the molecule is CCOC(=O)c1c(C)nn2c(OCC3CCCCC3)cc(C)cc12. The third-order valence-electron chi connectivity index (χ3n) is 4.69. The fraction of sp³-hybridized carbons (Fsp3) is 0.579. The summed E-state index contributed by atoms with van der Waals surface area (Å²) in [5.74, 6) is 0.999. The van der Waals surface area contributed by atoms with Gasteiger partial charge in [0.25, 0.3) is 0 Å². The van der Waals surface area contributed by atoms with Crippen molar-refractivity contribution in [3.63, 3.8) is 0 Å². The van der Waals surface area contributed by atoms with Gasteiger partial charge in [-0.15, -0.1) is 0 Å². The van der Waals surface area contributed by atoms with Crippen LogP contribution in [-0.2, 0) is 4.74 Å². The van der Waals surface area contributed by atoms with Gasteiger partial charge in [-0.2, -0.15) is 9.61 Å². The van der Waals surface area contributed by atoms with Crippen LogP contribution in [0.4, 0.5) is 0 Å². The van der Waals surface area contributed by atoms with Crippen molar-refractivity contribution in [2.45, 2.75) is 52.9 Å². The number of aromatic nitrogens is 2. The third-order valence-corrected chi connectivity index (χ3v) is 4.69. The maximum atomic E-state index is 12.3. The average Bonchev–Trinajstić information content (AvgIpc) is 2.89. The summed E-state index contributed by atoms with van der Waals surface area (Å²) < 4.78 is 13.0. The number of carbonyl (C=O) groups excluding carboxylic acids is 1. The molecular formula is C19H26N2O3. The van der Waals surface area contributed by atoms with Crippen LogP contribution in [0.3, 0.4) is 0 Å². The Labute approximate surface area is 142 Å². The number of esters is 1. The van der Waals surface area contributed by atoms with Crippen molar-refractivity contribution in [2.24, 2.45) is 5.92 Å². The van der Waals surface area contributed by atoms with Gasteiger partial charge in [0, 0.05) is 6.07 Å². The second-order valence-corrected chi connectivity index (χ2v) is 6.66. The van der Waals surface area contributed by atoms with Crippen molar-refractivity contribution in [1.29, 1.82) is 0 Å². The van der Waals surface area contributed by atoms with E-state index in [1.165, 1.54) is 32.1 Å². The molecule has 0 radical (unpaired) electrons. The minimum absolute atomic E-state index is 0.325. The predicted octanol–water partition coefficient (Wildman–Crippen LogP) is 4.09. The van der Waals surface area contributed by atoms with Crippen molar-refractivity contribution in [3.8, 4) is 5.88 Å². The van der Waals surface area contributed by atoms with E-state index in [0.29, 0.717) is 36.3 Å². The maximum Gasteiger partial charge on any atom is 0.342 e. The van der Waals surface area contributed by atoms with E-state index >= 15 is 0 Å². The summed E-state index contributed by atoms with van der Waals surface area (Å²) >= 11 is 0. The van der Waals surface area contributed by atoms with E-state index in [-0.39, 0.29) is 5.97 Å². The molecule has 0 saturated heterocycles. The first-order chi connectivity index (χ1) is 11.6. The number of aryl methyl sites for hydroxylation is 2. The van der Waals surface area contributed by atoms with Gasteiger partial charge in [0.2, 0.25) is 5.88 Å². The first kappa shape index (κ1) is 16.8. The van der Waals surface area contributed by atoms with Crippen LogP contribution < -0.4 is 4.74 Å². The number of rotatable bonds is 5. The summed E-state index contributed by atoms with van der Waals surface area (Å²) in [6.45, 7) is 6.71. The highest BCUT2D eigenvalue weighted by atomic mass is 16.5. The molecule has 0 amide bonds. The molecule has 1 aliphatic carbocycles. The van der Waals surface area contributed by atoms with E-state index in [1.807, 2.05) is 32.9 Å². The largest absolute Gasteiger partial charge is 0.477 e. The molecular weight excluding hydrogens is 304 g/mol. The van der Waals surface area contributed by atoms with Gasteiger partial charge in [0.1, 0.15) is 5.56 Å². The van der Waals surface area contributed by atoms with Crippen LogP contribution in [0.25, 0.3) is 5.52 Å². The quantitative estimate of drug-likeness (QED) is 0.775. The first-order valence-corrected chi connectivity index (χ1v) is 8.90. The van der Waals surface area contributed by atoms with Crippen molar-refractivity contribution in [1.82, 2.24) is 9.61 Å². The maximum absolute atomic E-state index is 12.3. The van der Waals surface area contributed by atoms with Gasteiger partial charge in [-0.3, -0.25) is 0 Å². The summed E-state index contributed by atoms with van der Waals surface area (Å²) in [6.07, 6.45) is 6.41. The molecule has 2 aromatic rings. The zero-order chi connectivity index (χ0) is 17.1. The summed E-state index contributed by atoms with van der Waals surface area (Å²) in [4.78, 5) is 12.3. The Hall–Kier alpha value is -2.04. The Bertz CT molecular complexity index is 730. The van der Waals surface area contributed by atoms with E-state index in [0.717, 1.165) is 11.1 Å². The summed E-state index contributed by atoms with van der Waals surface area (Å²) in [5, 5.41) is 4.51. The molecule has 0 aliphatic heterocycles. The number of ether oxygens (including phenoxy) is 2. The second kappa shape index (κ2) is 7.24. The highest BCUT2D eigenvalue weighted by Crippen LogP contribution is 2.27. The number of hydrogen-bond acceptors (Lipinski definition) is 4. The Morgan fingerprint density at radius 1 is 1.25 bits per heavy atom. The van der Waals surface area contributed by atoms with E-state index < -0.39 is 0 Å². The van der Waals surface area contributed by atoms with Crippen LogP contribution in [0.5, 0.6) is 5.88 Å². The molecule has 0 N–H and O–H groups in total. The minimum atomic E-state index is -0.325. The van der Waals surface area contributed by atoms with Gasteiger partial charge in [0.05, 0.1) is 24.4 Å². The van der Waals surface area contributed by atoms with Gasteiger partial charge in [-0.25, -0.2) is 4.79 Å². The number of fused-ring (bicyclic) bond motifs is 1. The summed E-state index contributed by atoms with van der Waals surface area (Å²) in [7, 11) is 0. The van der Waals surface area contributed by atoms with Crippen LogP contribution in [0.2, 0.25) is 0 Å². The molecule has 0 aromatic carbocycles. The van der Waals surface area contributed by atoms with E-state index in [1.54, 1.807) is 4.52 Å². The van der Waals surface area contributed by atoms with Gasteiger partial charge >= 0.3 is 5.97 Å². The lowest BCUT2D eigenvalue weighted by atomic mass is 9.90. The molecule has 5 nitrogen and oxygen atoms in total. The first-order valence-electron chi connectivity index (χ1n) is 8.90. The Balaban J connectivity index is 1.90. The number of pyridine rings is 1. The molecule has 1 fully saturated rings. The standard InChI is InChI=1S/C19H26N2O3/c1-4-23-19(22)18-14(3)20-21-16(18)10-13(2)11-17(21)24-12-15-8-6-5-7-9-15/h10-11,15H,4-9,12H2,1-3H3. The normalized spacial score (nSPS) is 15.6. The average molecular weight is 330 g/mol. The molecule has 5 heteroatoms. The molecule has 0 spiro atoms. The molecule has 1 aliphatic rings. The van der Waals surface area contributed by atoms with Crippen LogP contribution >= 0.6 is 0 Å². The Morgan fingerprint density at radius 2 is 2.00 bits per heavy atom. The Morgan fingerprint density at radius 3 is 2.71 bits per heavy atom. The van der Waals surface area contributed by atoms with Crippen molar-refractivity contribution < 1.29 is 14.3 Å². The highest BCUT2D eigenvalue weighted by molar-refractivity contribution is 5.98. The van der Waals surface area contributed by atoms with Crippen molar-refractivity contribution >= 4 is 11.5 Å². The molecule has 24 heavy (non-hydrogen) atoms. The number of carbonyl (C=O) groups is 1. The van der Waals surface area contributed by atoms with Gasteiger partial charge in [-0.05, 0) is 51.2 Å². The fourth-order valence-electron chi connectivity index (χ4n) is 3.48. The fourth-order valence-corrected chi connectivity index (χ4v) is 3.48. The van der Waals surface area contributed by atoms with Crippen LogP contribution in [0.15, 0.2) is 12.1 Å². The van der Waals surface area contributed by atoms with Gasteiger partial charge in [-0.1, -0.05) is 19.3 Å². The lowest BCUT2D eigenvalue weighted by Gasteiger charge is -2.21. The predicted molar refractivity (Wildman–Crippen MR) is 92.7 cm³/mol. The van der Waals surface area contributed by atoms with Gasteiger partial charge in [0.15, 0.2) is 0 Å². The van der Waals surface area contributed by atoms with E-state index in [4.69, 9.17) is 9.47 Å². The lowest BCUT2D eigenvalue weighted by molar-refractivity contribution is 0.0528. The van der Waals surface area contributed by atoms with Crippen LogP contribution in [0.1, 0.15) is 60.6 Å². The summed E-state index contributed by atoms with van der Waals surface area (Å²) in [5.41, 5.74) is 3.00. The second-order valence-electron chi connectivity index (χ2n) is 6.66. The number of nitrogens with zero attached hydrogens (tertiary/aromatic N) is 2. The lowest BCUT2D eigenvalue weighted by Crippen LogP contribution is -2.16. The smallest absolute Gasteiger partial charge is 0.342 e. The molecule has 2 aromatic heterocycles. The van der Waals surface area contributed by atoms with E-state index in [9.17, 15) is 4.79 Å². The molecule has 0 unspecified atom stereocenters. The molecule has 3 rings (SSSR count). The summed E-state index contributed by atoms with van der Waals surface area (Å²) in [6, 6.07) is 3.94.